The van der Waals surface area contributed by atoms with Crippen molar-refractivity contribution in [1.82, 2.24) is 20.4 Å². The molecule has 2 rings (SSSR count). The highest BCUT2D eigenvalue weighted by molar-refractivity contribution is 5.78. The summed E-state index contributed by atoms with van der Waals surface area (Å²) in [5.41, 5.74) is 0. The Morgan fingerprint density at radius 2 is 1.24 bits per heavy atom. The van der Waals surface area contributed by atoms with Gasteiger partial charge in [0.15, 0.2) is 0 Å². The molecule has 0 unspecified atom stereocenters. The lowest BCUT2D eigenvalue weighted by Gasteiger charge is -2.16. The van der Waals surface area contributed by atoms with Crippen molar-refractivity contribution in [3.05, 3.63) is 0 Å². The average Bonchev–Trinajstić information content (AvgIpc) is 3.06. The summed E-state index contributed by atoms with van der Waals surface area (Å²) in [5, 5.41) is 6.75. The molecule has 0 saturated carbocycles. The van der Waals surface area contributed by atoms with Crippen molar-refractivity contribution in [1.29, 1.82) is 0 Å². The fraction of sp³-hybridized carbons (Fsp3) is 0.867. The van der Waals surface area contributed by atoms with Crippen LogP contribution in [0.25, 0.3) is 0 Å². The highest BCUT2D eigenvalue weighted by Crippen LogP contribution is 2.08. The number of carbonyl (C=O) groups excluding carboxylic acids is 2. The third kappa shape index (κ3) is 5.63. The normalized spacial score (nSPS) is 19.0. The first-order valence-electron chi connectivity index (χ1n) is 8.24. The SMILES string of the molecule is O=C1CCCN1CCNCCCNCCN1CCCC1=O. The topological polar surface area (TPSA) is 64.7 Å². The molecule has 21 heavy (non-hydrogen) atoms. The van der Waals surface area contributed by atoms with Gasteiger partial charge in [-0.3, -0.25) is 9.59 Å². The van der Waals surface area contributed by atoms with Crippen LogP contribution in [0.15, 0.2) is 0 Å². The molecule has 0 aromatic heterocycles. The Balaban J connectivity index is 1.35. The lowest BCUT2D eigenvalue weighted by Crippen LogP contribution is -2.35. The van der Waals surface area contributed by atoms with Gasteiger partial charge >= 0.3 is 0 Å². The zero-order chi connectivity index (χ0) is 14.9. The van der Waals surface area contributed by atoms with Gasteiger partial charge in [-0.2, -0.15) is 0 Å². The van der Waals surface area contributed by atoms with Crippen LogP contribution in [0.1, 0.15) is 32.1 Å². The molecule has 0 atom stereocenters. The van der Waals surface area contributed by atoms with Crippen LogP contribution in [-0.2, 0) is 9.59 Å². The van der Waals surface area contributed by atoms with E-state index in [0.29, 0.717) is 11.8 Å². The first-order valence-corrected chi connectivity index (χ1v) is 8.24. The van der Waals surface area contributed by atoms with E-state index in [1.807, 2.05) is 9.80 Å². The van der Waals surface area contributed by atoms with Crippen molar-refractivity contribution in [2.75, 3.05) is 52.4 Å². The van der Waals surface area contributed by atoms with Crippen LogP contribution in [0.2, 0.25) is 0 Å². The quantitative estimate of drug-likeness (QED) is 0.548. The van der Waals surface area contributed by atoms with Gasteiger partial charge < -0.3 is 20.4 Å². The van der Waals surface area contributed by atoms with Gasteiger partial charge in [-0.05, 0) is 32.4 Å². The summed E-state index contributed by atoms with van der Waals surface area (Å²) in [4.78, 5) is 26.7. The predicted molar refractivity (Wildman–Crippen MR) is 82.0 cm³/mol. The van der Waals surface area contributed by atoms with E-state index in [-0.39, 0.29) is 0 Å². The van der Waals surface area contributed by atoms with Crippen molar-refractivity contribution >= 4 is 11.8 Å². The number of hydrogen-bond donors (Lipinski definition) is 2. The van der Waals surface area contributed by atoms with E-state index in [9.17, 15) is 9.59 Å². The summed E-state index contributed by atoms with van der Waals surface area (Å²) < 4.78 is 0. The summed E-state index contributed by atoms with van der Waals surface area (Å²) >= 11 is 0. The fourth-order valence-corrected chi connectivity index (χ4v) is 2.90. The maximum Gasteiger partial charge on any atom is 0.222 e. The molecule has 0 bridgehead atoms. The molecule has 0 aliphatic carbocycles. The number of nitrogens with zero attached hydrogens (tertiary/aromatic N) is 2. The lowest BCUT2D eigenvalue weighted by atomic mass is 10.4. The molecule has 2 N–H and O–H groups in total. The van der Waals surface area contributed by atoms with Gasteiger partial charge in [0.1, 0.15) is 0 Å². The van der Waals surface area contributed by atoms with Crippen LogP contribution in [0.5, 0.6) is 0 Å². The largest absolute Gasteiger partial charge is 0.341 e. The molecule has 2 aliphatic heterocycles. The Morgan fingerprint density at radius 1 is 0.762 bits per heavy atom. The van der Waals surface area contributed by atoms with E-state index in [1.165, 1.54) is 0 Å². The molecule has 2 heterocycles. The summed E-state index contributed by atoms with van der Waals surface area (Å²) in [7, 11) is 0. The van der Waals surface area contributed by atoms with Crippen LogP contribution in [0.3, 0.4) is 0 Å². The molecule has 6 nitrogen and oxygen atoms in total. The van der Waals surface area contributed by atoms with Crippen molar-refractivity contribution in [2.24, 2.45) is 0 Å². The van der Waals surface area contributed by atoms with Crippen LogP contribution < -0.4 is 10.6 Å². The van der Waals surface area contributed by atoms with Gasteiger partial charge in [-0.1, -0.05) is 0 Å². The molecule has 0 aromatic rings. The maximum atomic E-state index is 11.4. The second-order valence-corrected chi connectivity index (χ2v) is 5.82. The monoisotopic (exact) mass is 296 g/mol. The number of rotatable bonds is 10. The van der Waals surface area contributed by atoms with Crippen molar-refractivity contribution in [3.8, 4) is 0 Å². The standard InChI is InChI=1S/C15H28N4O2/c20-14-4-1-10-18(14)12-8-16-6-3-7-17-9-13-19-11-2-5-15(19)21/h16-17H,1-13H2. The van der Waals surface area contributed by atoms with Gasteiger partial charge in [-0.15, -0.1) is 0 Å². The van der Waals surface area contributed by atoms with E-state index in [1.54, 1.807) is 0 Å². The van der Waals surface area contributed by atoms with Gasteiger partial charge in [0.25, 0.3) is 0 Å². The van der Waals surface area contributed by atoms with Crippen molar-refractivity contribution < 1.29 is 9.59 Å². The van der Waals surface area contributed by atoms with Gasteiger partial charge in [0.2, 0.25) is 11.8 Å². The van der Waals surface area contributed by atoms with Gasteiger partial charge in [0.05, 0.1) is 0 Å². The first-order chi connectivity index (χ1) is 10.3. The third-order valence-electron chi connectivity index (χ3n) is 4.17. The fourth-order valence-electron chi connectivity index (χ4n) is 2.90. The zero-order valence-electron chi connectivity index (χ0n) is 12.9. The maximum absolute atomic E-state index is 11.4. The minimum atomic E-state index is 0.301. The Bertz CT molecular complexity index is 317. The van der Waals surface area contributed by atoms with Crippen LogP contribution in [0, 0.1) is 0 Å². The molecule has 0 spiro atoms. The minimum absolute atomic E-state index is 0.301. The zero-order valence-corrected chi connectivity index (χ0v) is 12.9. The van der Waals surface area contributed by atoms with E-state index in [0.717, 1.165) is 84.5 Å². The Morgan fingerprint density at radius 3 is 1.62 bits per heavy atom. The number of likely N-dealkylation sites (tertiary alicyclic amines) is 2. The highest BCUT2D eigenvalue weighted by Gasteiger charge is 2.19. The lowest BCUT2D eigenvalue weighted by molar-refractivity contribution is -0.128. The van der Waals surface area contributed by atoms with Crippen LogP contribution in [0.4, 0.5) is 0 Å². The summed E-state index contributed by atoms with van der Waals surface area (Å²) in [5.74, 6) is 0.602. The van der Waals surface area contributed by atoms with Crippen molar-refractivity contribution in [2.45, 2.75) is 32.1 Å². The molecule has 6 heteroatoms. The smallest absolute Gasteiger partial charge is 0.222 e. The Labute approximate surface area is 127 Å². The second-order valence-electron chi connectivity index (χ2n) is 5.82. The van der Waals surface area contributed by atoms with Crippen LogP contribution >= 0.6 is 0 Å². The van der Waals surface area contributed by atoms with Crippen LogP contribution in [-0.4, -0.2) is 74.0 Å². The summed E-state index contributed by atoms with van der Waals surface area (Å²) in [6.45, 7) is 7.23. The number of hydrogen-bond acceptors (Lipinski definition) is 4. The molecule has 120 valence electrons. The van der Waals surface area contributed by atoms with E-state index >= 15 is 0 Å². The molecule has 0 radical (unpaired) electrons. The Hall–Kier alpha value is -1.14. The molecule has 2 saturated heterocycles. The molecular weight excluding hydrogens is 268 g/mol. The molecular formula is C15H28N4O2. The summed E-state index contributed by atoms with van der Waals surface area (Å²) in [6.07, 6.45) is 4.55. The van der Waals surface area contributed by atoms with Gasteiger partial charge in [0, 0.05) is 52.1 Å². The number of amides is 2. The molecule has 0 aromatic carbocycles. The van der Waals surface area contributed by atoms with Gasteiger partial charge in [-0.25, -0.2) is 0 Å². The van der Waals surface area contributed by atoms with E-state index < -0.39 is 0 Å². The molecule has 2 fully saturated rings. The number of carbonyl (C=O) groups is 2. The Kier molecular flexibility index (Phi) is 6.95. The second kappa shape index (κ2) is 9.00. The van der Waals surface area contributed by atoms with E-state index in [2.05, 4.69) is 10.6 Å². The third-order valence-corrected chi connectivity index (χ3v) is 4.17. The van der Waals surface area contributed by atoms with E-state index in [4.69, 9.17) is 0 Å². The minimum Gasteiger partial charge on any atom is -0.341 e. The molecule has 2 aliphatic rings. The average molecular weight is 296 g/mol. The van der Waals surface area contributed by atoms with Crippen molar-refractivity contribution in [3.63, 3.8) is 0 Å². The first kappa shape index (κ1) is 16.2. The molecule has 2 amide bonds. The highest BCUT2D eigenvalue weighted by atomic mass is 16.2. The number of nitrogens with one attached hydrogen (secondary N) is 2. The predicted octanol–water partition coefficient (Wildman–Crippen LogP) is -0.199. The summed E-state index contributed by atoms with van der Waals surface area (Å²) in [6, 6.07) is 0.